The number of nitrogens with one attached hydrogen (secondary N) is 1. The summed E-state index contributed by atoms with van der Waals surface area (Å²) >= 11 is 0. The Labute approximate surface area is 88.9 Å². The van der Waals surface area contributed by atoms with Crippen molar-refractivity contribution in [1.82, 2.24) is 5.32 Å². The van der Waals surface area contributed by atoms with Crippen molar-refractivity contribution in [2.45, 2.75) is 26.1 Å². The van der Waals surface area contributed by atoms with Crippen LogP contribution in [0.3, 0.4) is 0 Å². The van der Waals surface area contributed by atoms with Crippen molar-refractivity contribution in [3.63, 3.8) is 0 Å². The number of Topliss-reactive ketones (excluding diaryl/α,β-unsaturated/α-hetero) is 1. The van der Waals surface area contributed by atoms with Crippen molar-refractivity contribution in [2.75, 3.05) is 6.61 Å². The summed E-state index contributed by atoms with van der Waals surface area (Å²) in [5, 5.41) is 1.44. The number of amides is 1. The fourth-order valence-electron chi connectivity index (χ4n) is 0.657. The third kappa shape index (κ3) is 5.32. The van der Waals surface area contributed by atoms with Crippen LogP contribution < -0.4 is 5.32 Å². The van der Waals surface area contributed by atoms with Gasteiger partial charge in [-0.05, 0) is 6.92 Å². The third-order valence-corrected chi connectivity index (χ3v) is 1.51. The number of hydrogen-bond acceptors (Lipinski definition) is 4. The smallest absolute Gasteiger partial charge is 0.458 e. The van der Waals surface area contributed by atoms with Gasteiger partial charge in [0.15, 0.2) is 12.4 Å². The van der Waals surface area contributed by atoms with Crippen LogP contribution in [0.1, 0.15) is 13.8 Å². The van der Waals surface area contributed by atoms with Gasteiger partial charge in [0.2, 0.25) is 0 Å². The topological polar surface area (TPSA) is 72.5 Å². The lowest BCUT2D eigenvalue weighted by molar-refractivity contribution is -0.174. The SMILES string of the molecule is CC(=O)OCC(=O)[C@H](C)NC(=O)C(F)(F)F. The van der Waals surface area contributed by atoms with E-state index in [1.54, 1.807) is 0 Å². The quantitative estimate of drug-likeness (QED) is 0.713. The second-order valence-corrected chi connectivity index (χ2v) is 2.94. The minimum absolute atomic E-state index is 0.672. The van der Waals surface area contributed by atoms with Crippen molar-refractivity contribution in [3.8, 4) is 0 Å². The number of esters is 1. The lowest BCUT2D eigenvalue weighted by Crippen LogP contribution is -2.46. The number of alkyl halides is 3. The number of ketones is 1. The lowest BCUT2D eigenvalue weighted by Gasteiger charge is -2.13. The van der Waals surface area contributed by atoms with E-state index in [1.807, 2.05) is 0 Å². The largest absolute Gasteiger partial charge is 0.471 e. The van der Waals surface area contributed by atoms with Crippen molar-refractivity contribution in [1.29, 1.82) is 0 Å². The zero-order valence-electron chi connectivity index (χ0n) is 8.55. The summed E-state index contributed by atoms with van der Waals surface area (Å²) in [6.07, 6.45) is -5.05. The Balaban J connectivity index is 4.16. The molecule has 92 valence electrons. The molecule has 0 aliphatic rings. The van der Waals surface area contributed by atoms with Crippen LogP contribution >= 0.6 is 0 Å². The standard InChI is InChI=1S/C8H10F3NO4/c1-4(6(14)3-16-5(2)13)12-7(15)8(9,10)11/h4H,3H2,1-2H3,(H,12,15)/t4-/m0/s1. The molecule has 0 unspecified atom stereocenters. The van der Waals surface area contributed by atoms with E-state index in [2.05, 4.69) is 4.74 Å². The number of halogens is 3. The van der Waals surface area contributed by atoms with Crippen LogP contribution in [0.2, 0.25) is 0 Å². The summed E-state index contributed by atoms with van der Waals surface area (Å²) in [5.41, 5.74) is 0. The minimum atomic E-state index is -5.05. The van der Waals surface area contributed by atoms with Gasteiger partial charge in [0.25, 0.3) is 0 Å². The van der Waals surface area contributed by atoms with E-state index in [0.29, 0.717) is 0 Å². The summed E-state index contributed by atoms with van der Waals surface area (Å²) in [5.74, 6) is -3.77. The van der Waals surface area contributed by atoms with E-state index < -0.39 is 36.5 Å². The molecular formula is C8H10F3NO4. The summed E-state index contributed by atoms with van der Waals surface area (Å²) in [6.45, 7) is 1.44. The van der Waals surface area contributed by atoms with Crippen LogP contribution in [-0.2, 0) is 19.1 Å². The normalized spacial score (nSPS) is 12.8. The first-order valence-corrected chi connectivity index (χ1v) is 4.18. The number of ether oxygens (including phenoxy) is 1. The van der Waals surface area contributed by atoms with Crippen LogP contribution in [0.25, 0.3) is 0 Å². The zero-order valence-corrected chi connectivity index (χ0v) is 8.55. The summed E-state index contributed by atoms with van der Waals surface area (Å²) in [6, 6.07) is -1.37. The summed E-state index contributed by atoms with van der Waals surface area (Å²) < 4.78 is 39.6. The molecule has 8 heteroatoms. The molecule has 1 amide bonds. The second-order valence-electron chi connectivity index (χ2n) is 2.94. The predicted molar refractivity (Wildman–Crippen MR) is 45.3 cm³/mol. The Hall–Kier alpha value is -1.60. The molecular weight excluding hydrogens is 231 g/mol. The van der Waals surface area contributed by atoms with Gasteiger partial charge in [0, 0.05) is 6.92 Å². The first-order valence-electron chi connectivity index (χ1n) is 4.18. The maximum absolute atomic E-state index is 11.8. The van der Waals surface area contributed by atoms with Crippen molar-refractivity contribution >= 4 is 17.7 Å². The molecule has 0 radical (unpaired) electrons. The Morgan fingerprint density at radius 1 is 1.31 bits per heavy atom. The Morgan fingerprint density at radius 3 is 2.19 bits per heavy atom. The van der Waals surface area contributed by atoms with Crippen molar-refractivity contribution < 1.29 is 32.3 Å². The predicted octanol–water partition coefficient (Wildman–Crippen LogP) is 0.186. The molecule has 16 heavy (non-hydrogen) atoms. The molecule has 0 aliphatic carbocycles. The molecule has 0 aromatic heterocycles. The van der Waals surface area contributed by atoms with Gasteiger partial charge in [-0.15, -0.1) is 0 Å². The average Bonchev–Trinajstić information content (AvgIpc) is 2.12. The van der Waals surface area contributed by atoms with E-state index in [-0.39, 0.29) is 0 Å². The maximum atomic E-state index is 11.8. The molecule has 0 heterocycles. The van der Waals surface area contributed by atoms with E-state index in [1.165, 1.54) is 5.32 Å². The van der Waals surface area contributed by atoms with Gasteiger partial charge in [-0.1, -0.05) is 0 Å². The summed E-state index contributed by atoms with van der Waals surface area (Å²) in [4.78, 5) is 31.8. The number of carbonyl (C=O) groups is 3. The molecule has 0 bridgehead atoms. The van der Waals surface area contributed by atoms with Gasteiger partial charge in [0.05, 0.1) is 6.04 Å². The maximum Gasteiger partial charge on any atom is 0.471 e. The van der Waals surface area contributed by atoms with Crippen molar-refractivity contribution in [2.24, 2.45) is 0 Å². The molecule has 1 atom stereocenters. The molecule has 0 fully saturated rings. The third-order valence-electron chi connectivity index (χ3n) is 1.51. The molecule has 0 saturated heterocycles. The Bertz CT molecular complexity index is 300. The van der Waals surface area contributed by atoms with Gasteiger partial charge in [-0.3, -0.25) is 14.4 Å². The van der Waals surface area contributed by atoms with E-state index in [0.717, 1.165) is 13.8 Å². The van der Waals surface area contributed by atoms with Gasteiger partial charge in [0.1, 0.15) is 0 Å². The van der Waals surface area contributed by atoms with Gasteiger partial charge in [-0.2, -0.15) is 13.2 Å². The minimum Gasteiger partial charge on any atom is -0.458 e. The van der Waals surface area contributed by atoms with E-state index >= 15 is 0 Å². The first-order chi connectivity index (χ1) is 7.14. The molecule has 0 saturated carbocycles. The molecule has 0 spiro atoms. The van der Waals surface area contributed by atoms with E-state index in [9.17, 15) is 27.6 Å². The van der Waals surface area contributed by atoms with Gasteiger partial charge >= 0.3 is 18.1 Å². The van der Waals surface area contributed by atoms with Gasteiger partial charge < -0.3 is 10.1 Å². The molecule has 0 aliphatic heterocycles. The fourth-order valence-corrected chi connectivity index (χ4v) is 0.657. The van der Waals surface area contributed by atoms with Gasteiger partial charge in [-0.25, -0.2) is 0 Å². The highest BCUT2D eigenvalue weighted by Gasteiger charge is 2.39. The zero-order chi connectivity index (χ0) is 12.9. The Morgan fingerprint density at radius 2 is 1.81 bits per heavy atom. The van der Waals surface area contributed by atoms with Crippen LogP contribution in [0, 0.1) is 0 Å². The average molecular weight is 241 g/mol. The molecule has 0 aromatic carbocycles. The number of carbonyl (C=O) groups excluding carboxylic acids is 3. The van der Waals surface area contributed by atoms with Crippen LogP contribution in [0.15, 0.2) is 0 Å². The van der Waals surface area contributed by atoms with Crippen molar-refractivity contribution in [3.05, 3.63) is 0 Å². The highest BCUT2D eigenvalue weighted by Crippen LogP contribution is 2.14. The molecule has 1 N–H and O–H groups in total. The van der Waals surface area contributed by atoms with E-state index in [4.69, 9.17) is 0 Å². The highest BCUT2D eigenvalue weighted by atomic mass is 19.4. The number of rotatable bonds is 4. The molecule has 5 nitrogen and oxygen atoms in total. The van der Waals surface area contributed by atoms with Crippen LogP contribution in [0.5, 0.6) is 0 Å². The summed E-state index contributed by atoms with van der Waals surface area (Å²) in [7, 11) is 0. The second kappa shape index (κ2) is 5.47. The lowest BCUT2D eigenvalue weighted by atomic mass is 10.2. The highest BCUT2D eigenvalue weighted by molar-refractivity contribution is 5.91. The van der Waals surface area contributed by atoms with Crippen LogP contribution in [-0.4, -0.2) is 36.5 Å². The number of hydrogen-bond donors (Lipinski definition) is 1. The monoisotopic (exact) mass is 241 g/mol. The fraction of sp³-hybridized carbons (Fsp3) is 0.625. The molecule has 0 rings (SSSR count). The van der Waals surface area contributed by atoms with Crippen LogP contribution in [0.4, 0.5) is 13.2 Å². The first kappa shape index (κ1) is 14.4. The molecule has 0 aromatic rings. The Kier molecular flexibility index (Phi) is 4.93.